The fourth-order valence-corrected chi connectivity index (χ4v) is 6.66. The highest BCUT2D eigenvalue weighted by Gasteiger charge is 2.33. The van der Waals surface area contributed by atoms with Crippen molar-refractivity contribution < 1.29 is 18.6 Å². The SMILES string of the molecule is Cc1cc(-c2cccc(C(=O)NC3CCN(P(C)(=O)OCC4CN(C)CC(C)O4)CC3)c2)ccc1Cl. The first-order valence-electron chi connectivity index (χ1n) is 12.6. The number of nitrogens with one attached hydrogen (secondary N) is 1. The highest BCUT2D eigenvalue weighted by molar-refractivity contribution is 7.55. The number of carbonyl (C=O) groups is 1. The van der Waals surface area contributed by atoms with Crippen molar-refractivity contribution in [1.29, 1.82) is 0 Å². The number of hydrogen-bond acceptors (Lipinski definition) is 5. The Balaban J connectivity index is 1.28. The molecule has 2 fully saturated rings. The van der Waals surface area contributed by atoms with Gasteiger partial charge in [-0.05, 0) is 74.7 Å². The summed E-state index contributed by atoms with van der Waals surface area (Å²) >= 11 is 6.16. The molecule has 0 aliphatic carbocycles. The van der Waals surface area contributed by atoms with Crippen LogP contribution in [0.3, 0.4) is 0 Å². The van der Waals surface area contributed by atoms with Crippen LogP contribution in [0.1, 0.15) is 35.7 Å². The van der Waals surface area contributed by atoms with Crippen LogP contribution in [0.2, 0.25) is 5.02 Å². The predicted molar refractivity (Wildman–Crippen MR) is 145 cm³/mol. The molecule has 2 saturated heterocycles. The lowest BCUT2D eigenvalue weighted by Crippen LogP contribution is -2.46. The van der Waals surface area contributed by atoms with Crippen LogP contribution in [0.5, 0.6) is 0 Å². The molecule has 3 atom stereocenters. The maximum absolute atomic E-state index is 13.3. The topological polar surface area (TPSA) is 71.1 Å². The number of morpholine rings is 1. The molecule has 0 bridgehead atoms. The number of amides is 1. The molecule has 2 aliphatic heterocycles. The van der Waals surface area contributed by atoms with Gasteiger partial charge in [0.15, 0.2) is 0 Å². The molecular formula is C27H37ClN3O4P. The predicted octanol–water partition coefficient (Wildman–Crippen LogP) is 5.07. The third kappa shape index (κ3) is 6.97. The quantitative estimate of drug-likeness (QED) is 0.501. The summed E-state index contributed by atoms with van der Waals surface area (Å²) in [5, 5.41) is 3.88. The zero-order valence-electron chi connectivity index (χ0n) is 21.6. The van der Waals surface area contributed by atoms with Crippen molar-refractivity contribution in [3.63, 3.8) is 0 Å². The first kappa shape index (κ1) is 27.3. The summed E-state index contributed by atoms with van der Waals surface area (Å²) in [5.41, 5.74) is 3.63. The van der Waals surface area contributed by atoms with E-state index < -0.39 is 7.52 Å². The fraction of sp³-hybridized carbons (Fsp3) is 0.519. The van der Waals surface area contributed by atoms with E-state index in [0.717, 1.165) is 47.6 Å². The van der Waals surface area contributed by atoms with Crippen molar-refractivity contribution in [2.45, 2.75) is 44.9 Å². The van der Waals surface area contributed by atoms with Crippen LogP contribution < -0.4 is 5.32 Å². The number of hydrogen-bond donors (Lipinski definition) is 1. The van der Waals surface area contributed by atoms with Crippen molar-refractivity contribution in [1.82, 2.24) is 14.9 Å². The van der Waals surface area contributed by atoms with E-state index in [4.69, 9.17) is 20.9 Å². The van der Waals surface area contributed by atoms with Crippen molar-refractivity contribution in [2.75, 3.05) is 46.5 Å². The van der Waals surface area contributed by atoms with Crippen LogP contribution in [0, 0.1) is 6.92 Å². The lowest BCUT2D eigenvalue weighted by molar-refractivity contribution is -0.0854. The molecule has 7 nitrogen and oxygen atoms in total. The molecule has 0 aromatic heterocycles. The molecule has 9 heteroatoms. The lowest BCUT2D eigenvalue weighted by Gasteiger charge is -2.38. The summed E-state index contributed by atoms with van der Waals surface area (Å²) in [4.78, 5) is 15.2. The van der Waals surface area contributed by atoms with Gasteiger partial charge in [-0.25, -0.2) is 4.67 Å². The van der Waals surface area contributed by atoms with Gasteiger partial charge in [-0.15, -0.1) is 0 Å². The first-order valence-corrected chi connectivity index (χ1v) is 15.0. The van der Waals surface area contributed by atoms with Gasteiger partial charge in [0, 0.05) is 49.5 Å². The number of rotatable bonds is 7. The van der Waals surface area contributed by atoms with Crippen LogP contribution in [-0.2, 0) is 13.8 Å². The summed E-state index contributed by atoms with van der Waals surface area (Å²) in [6.45, 7) is 8.92. The van der Waals surface area contributed by atoms with E-state index in [-0.39, 0.29) is 24.2 Å². The highest BCUT2D eigenvalue weighted by atomic mass is 35.5. The van der Waals surface area contributed by atoms with Gasteiger partial charge in [-0.1, -0.05) is 29.8 Å². The molecule has 1 N–H and O–H groups in total. The fourth-order valence-electron chi connectivity index (χ4n) is 4.98. The van der Waals surface area contributed by atoms with E-state index in [0.29, 0.717) is 25.3 Å². The molecule has 2 heterocycles. The molecule has 196 valence electrons. The minimum absolute atomic E-state index is 0.0337. The second-order valence-corrected chi connectivity index (χ2v) is 13.0. The molecule has 1 amide bonds. The molecule has 2 aromatic rings. The average Bonchev–Trinajstić information content (AvgIpc) is 2.84. The Hall–Kier alpha value is -1.73. The largest absolute Gasteiger partial charge is 0.370 e. The van der Waals surface area contributed by atoms with Gasteiger partial charge in [0.1, 0.15) is 0 Å². The van der Waals surface area contributed by atoms with Gasteiger partial charge in [0.25, 0.3) is 13.4 Å². The van der Waals surface area contributed by atoms with E-state index in [1.165, 1.54) is 0 Å². The summed E-state index contributed by atoms with van der Waals surface area (Å²) in [6, 6.07) is 13.5. The Morgan fingerprint density at radius 2 is 1.89 bits per heavy atom. The van der Waals surface area contributed by atoms with Crippen LogP contribution in [0.15, 0.2) is 42.5 Å². The number of aryl methyl sites for hydroxylation is 1. The van der Waals surface area contributed by atoms with Gasteiger partial charge >= 0.3 is 0 Å². The third-order valence-electron chi connectivity index (χ3n) is 6.95. The van der Waals surface area contributed by atoms with E-state index >= 15 is 0 Å². The smallest absolute Gasteiger partial charge is 0.269 e. The Morgan fingerprint density at radius 1 is 1.17 bits per heavy atom. The van der Waals surface area contributed by atoms with E-state index in [2.05, 4.69) is 17.3 Å². The van der Waals surface area contributed by atoms with E-state index in [1.807, 2.05) is 61.0 Å². The minimum Gasteiger partial charge on any atom is -0.370 e. The van der Waals surface area contributed by atoms with Gasteiger partial charge in [-0.3, -0.25) is 9.36 Å². The molecule has 0 spiro atoms. The van der Waals surface area contributed by atoms with Crippen LogP contribution in [0.4, 0.5) is 0 Å². The number of benzene rings is 2. The molecule has 4 rings (SSSR count). The molecule has 0 saturated carbocycles. The zero-order valence-corrected chi connectivity index (χ0v) is 23.2. The lowest BCUT2D eigenvalue weighted by atomic mass is 10.0. The number of halogens is 1. The van der Waals surface area contributed by atoms with Crippen molar-refractivity contribution in [3.05, 3.63) is 58.6 Å². The molecule has 3 unspecified atom stereocenters. The number of nitrogens with zero attached hydrogens (tertiary/aromatic N) is 2. The van der Waals surface area contributed by atoms with E-state index in [1.54, 1.807) is 6.66 Å². The minimum atomic E-state index is -2.93. The summed E-state index contributed by atoms with van der Waals surface area (Å²) in [6.07, 6.45) is 1.52. The molecular weight excluding hydrogens is 497 g/mol. The molecule has 36 heavy (non-hydrogen) atoms. The third-order valence-corrected chi connectivity index (χ3v) is 9.43. The number of piperidine rings is 1. The first-order chi connectivity index (χ1) is 17.1. The Labute approximate surface area is 219 Å². The second-order valence-electron chi connectivity index (χ2n) is 10.1. The van der Waals surface area contributed by atoms with Gasteiger partial charge < -0.3 is 19.5 Å². The van der Waals surface area contributed by atoms with E-state index in [9.17, 15) is 9.36 Å². The van der Waals surface area contributed by atoms with Crippen LogP contribution >= 0.6 is 19.1 Å². The van der Waals surface area contributed by atoms with Gasteiger partial charge in [0.2, 0.25) is 0 Å². The Bertz CT molecular complexity index is 1110. The zero-order chi connectivity index (χ0) is 25.9. The maximum Gasteiger partial charge on any atom is 0.269 e. The molecule has 2 aromatic carbocycles. The second kappa shape index (κ2) is 11.8. The monoisotopic (exact) mass is 533 g/mol. The van der Waals surface area contributed by atoms with Crippen molar-refractivity contribution in [2.24, 2.45) is 0 Å². The maximum atomic E-state index is 13.3. The van der Waals surface area contributed by atoms with Crippen LogP contribution in [0.25, 0.3) is 11.1 Å². The average molecular weight is 534 g/mol. The Morgan fingerprint density at radius 3 is 2.58 bits per heavy atom. The normalized spacial score (nSPS) is 23.8. The van der Waals surface area contributed by atoms with Crippen molar-refractivity contribution >= 4 is 25.0 Å². The summed E-state index contributed by atoms with van der Waals surface area (Å²) in [7, 11) is -0.867. The number of ether oxygens (including phenoxy) is 1. The standard InChI is InChI=1S/C27H37ClN3O4P/c1-19-14-22(8-9-26(19)28)21-6-5-7-23(15-21)27(32)29-24-10-12-31(13-11-24)36(4,33)34-18-25-17-30(3)16-20(2)35-25/h5-9,14-15,20,24-25H,10-13,16-18H2,1-4H3,(H,29,32). The van der Waals surface area contributed by atoms with Gasteiger partial charge in [0.05, 0.1) is 18.8 Å². The molecule has 0 radical (unpaired) electrons. The highest BCUT2D eigenvalue weighted by Crippen LogP contribution is 2.48. The number of likely N-dealkylation sites (N-methyl/N-ethyl adjacent to an activating group) is 1. The molecule has 2 aliphatic rings. The summed E-state index contributed by atoms with van der Waals surface area (Å²) in [5.74, 6) is -0.0930. The van der Waals surface area contributed by atoms with Crippen molar-refractivity contribution in [3.8, 4) is 11.1 Å². The summed E-state index contributed by atoms with van der Waals surface area (Å²) < 4.78 is 27.0. The number of carbonyl (C=O) groups excluding carboxylic acids is 1. The van der Waals surface area contributed by atoms with Gasteiger partial charge in [-0.2, -0.15) is 0 Å². The van der Waals surface area contributed by atoms with Crippen LogP contribution in [-0.4, -0.2) is 80.2 Å². The Kier molecular flexibility index (Phi) is 8.92.